The molecule has 0 saturated heterocycles. The van der Waals surface area contributed by atoms with Crippen molar-refractivity contribution >= 4 is 29.1 Å². The largest absolute Gasteiger partial charge is 0.492 e. The average Bonchev–Trinajstić information content (AvgIpc) is 3.33. The van der Waals surface area contributed by atoms with Crippen LogP contribution in [0.1, 0.15) is 16.1 Å². The smallest absolute Gasteiger partial charge is 0.313 e. The zero-order chi connectivity index (χ0) is 23.6. The van der Waals surface area contributed by atoms with Crippen LogP contribution in [0.3, 0.4) is 0 Å². The van der Waals surface area contributed by atoms with E-state index >= 15 is 0 Å². The van der Waals surface area contributed by atoms with E-state index in [1.54, 1.807) is 30.3 Å². The first kappa shape index (κ1) is 23.6. The van der Waals surface area contributed by atoms with Gasteiger partial charge < -0.3 is 30.0 Å². The monoisotopic (exact) mass is 450 g/mol. The molecule has 2 aromatic carbocycles. The number of hydrogen-bond donors (Lipinski definition) is 3. The Morgan fingerprint density at radius 3 is 2.39 bits per heavy atom. The number of likely N-dealkylation sites (N-methyl/N-ethyl adjacent to an activating group) is 1. The van der Waals surface area contributed by atoms with Gasteiger partial charge in [-0.05, 0) is 62.1 Å². The van der Waals surface area contributed by atoms with Crippen LogP contribution in [0.5, 0.6) is 5.75 Å². The van der Waals surface area contributed by atoms with Gasteiger partial charge in [-0.1, -0.05) is 18.2 Å². The van der Waals surface area contributed by atoms with E-state index in [9.17, 15) is 14.4 Å². The number of anilines is 2. The first-order valence-corrected chi connectivity index (χ1v) is 10.3. The molecule has 0 fully saturated rings. The van der Waals surface area contributed by atoms with E-state index in [2.05, 4.69) is 16.0 Å². The minimum atomic E-state index is -0.817. The zero-order valence-corrected chi connectivity index (χ0v) is 18.5. The molecule has 9 nitrogen and oxygen atoms in total. The number of nitrogens with one attached hydrogen (secondary N) is 3. The number of carbonyl (C=O) groups excluding carboxylic acids is 3. The molecule has 3 rings (SSSR count). The van der Waals surface area contributed by atoms with Crippen molar-refractivity contribution in [2.45, 2.75) is 6.54 Å². The Hall–Kier alpha value is -4.11. The summed E-state index contributed by atoms with van der Waals surface area (Å²) in [4.78, 5) is 38.6. The third-order valence-corrected chi connectivity index (χ3v) is 4.49. The Bertz CT molecular complexity index is 1100. The van der Waals surface area contributed by atoms with Crippen LogP contribution in [-0.4, -0.2) is 49.9 Å². The molecule has 3 N–H and O–H groups in total. The highest BCUT2D eigenvalue weighted by atomic mass is 16.5. The van der Waals surface area contributed by atoms with Crippen molar-refractivity contribution in [3.8, 4) is 5.75 Å². The number of furan rings is 1. The van der Waals surface area contributed by atoms with E-state index in [1.807, 2.05) is 43.3 Å². The molecule has 3 aromatic rings. The Balaban J connectivity index is 1.50. The molecule has 0 aliphatic heterocycles. The average molecular weight is 450 g/mol. The fourth-order valence-corrected chi connectivity index (χ4v) is 2.82. The van der Waals surface area contributed by atoms with Gasteiger partial charge in [-0.15, -0.1) is 0 Å². The van der Waals surface area contributed by atoms with Gasteiger partial charge in [0.25, 0.3) is 5.91 Å². The first-order chi connectivity index (χ1) is 15.9. The number of hydrogen-bond acceptors (Lipinski definition) is 6. The van der Waals surface area contributed by atoms with Gasteiger partial charge >= 0.3 is 11.8 Å². The van der Waals surface area contributed by atoms with Gasteiger partial charge in [0.15, 0.2) is 5.76 Å². The highest BCUT2D eigenvalue weighted by molar-refractivity contribution is 6.39. The van der Waals surface area contributed by atoms with Crippen molar-refractivity contribution in [2.24, 2.45) is 0 Å². The lowest BCUT2D eigenvalue weighted by molar-refractivity contribution is -0.136. The normalized spacial score (nSPS) is 10.5. The van der Waals surface area contributed by atoms with Crippen LogP contribution in [0.15, 0.2) is 71.3 Å². The molecule has 0 spiro atoms. The van der Waals surface area contributed by atoms with E-state index in [1.165, 1.54) is 12.3 Å². The third kappa shape index (κ3) is 7.51. The maximum atomic E-state index is 12.3. The second-order valence-electron chi connectivity index (χ2n) is 7.45. The molecule has 0 unspecified atom stereocenters. The predicted molar refractivity (Wildman–Crippen MR) is 124 cm³/mol. The van der Waals surface area contributed by atoms with Crippen LogP contribution in [-0.2, 0) is 16.1 Å². The highest BCUT2D eigenvalue weighted by Gasteiger charge is 2.14. The third-order valence-electron chi connectivity index (χ3n) is 4.49. The molecule has 0 aliphatic rings. The highest BCUT2D eigenvalue weighted by Crippen LogP contribution is 2.17. The standard InChI is InChI=1S/C24H26N4O5/c1-28(2)11-13-32-20-9-3-6-17(14-20)16-25-23(30)24(31)27-19-8-4-7-18(15-19)26-22(29)21-10-5-12-33-21/h3-10,12,14-15H,11,13,16H2,1-2H3,(H,25,30)(H,26,29)(H,27,31). The molecule has 0 radical (unpaired) electrons. The molecule has 0 saturated carbocycles. The molecule has 0 bridgehead atoms. The molecule has 33 heavy (non-hydrogen) atoms. The van der Waals surface area contributed by atoms with E-state index in [-0.39, 0.29) is 12.3 Å². The lowest BCUT2D eigenvalue weighted by Crippen LogP contribution is -2.35. The molecule has 1 aromatic heterocycles. The van der Waals surface area contributed by atoms with Crippen molar-refractivity contribution in [1.82, 2.24) is 10.2 Å². The Labute approximate surface area is 191 Å². The van der Waals surface area contributed by atoms with Crippen molar-refractivity contribution in [3.05, 3.63) is 78.3 Å². The molecule has 1 heterocycles. The maximum Gasteiger partial charge on any atom is 0.313 e. The fraction of sp³-hybridized carbons (Fsp3) is 0.208. The number of nitrogens with zero attached hydrogens (tertiary/aromatic N) is 1. The predicted octanol–water partition coefficient (Wildman–Crippen LogP) is 2.73. The lowest BCUT2D eigenvalue weighted by Gasteiger charge is -2.12. The Morgan fingerprint density at radius 2 is 1.67 bits per heavy atom. The molecule has 172 valence electrons. The van der Waals surface area contributed by atoms with Crippen molar-refractivity contribution < 1.29 is 23.5 Å². The van der Waals surface area contributed by atoms with Crippen LogP contribution in [0, 0.1) is 0 Å². The number of carbonyl (C=O) groups is 3. The van der Waals surface area contributed by atoms with Gasteiger partial charge in [-0.3, -0.25) is 14.4 Å². The topological polar surface area (TPSA) is 113 Å². The summed E-state index contributed by atoms with van der Waals surface area (Å²) in [6, 6.07) is 16.9. The number of ether oxygens (including phenoxy) is 1. The Kier molecular flexibility index (Phi) is 8.20. The van der Waals surface area contributed by atoms with Gasteiger partial charge in [-0.25, -0.2) is 0 Å². The summed E-state index contributed by atoms with van der Waals surface area (Å²) in [6.07, 6.45) is 1.40. The summed E-state index contributed by atoms with van der Waals surface area (Å²) >= 11 is 0. The molecular formula is C24H26N4O5. The Morgan fingerprint density at radius 1 is 0.909 bits per heavy atom. The minimum absolute atomic E-state index is 0.163. The molecular weight excluding hydrogens is 424 g/mol. The van der Waals surface area contributed by atoms with E-state index in [4.69, 9.17) is 9.15 Å². The molecule has 3 amide bonds. The summed E-state index contributed by atoms with van der Waals surface area (Å²) in [6.45, 7) is 1.51. The van der Waals surface area contributed by atoms with Crippen molar-refractivity contribution in [3.63, 3.8) is 0 Å². The van der Waals surface area contributed by atoms with Gasteiger partial charge in [-0.2, -0.15) is 0 Å². The summed E-state index contributed by atoms with van der Waals surface area (Å²) < 4.78 is 10.7. The lowest BCUT2D eigenvalue weighted by atomic mass is 10.2. The van der Waals surface area contributed by atoms with Gasteiger partial charge in [0, 0.05) is 24.5 Å². The summed E-state index contributed by atoms with van der Waals surface area (Å²) in [5.41, 5.74) is 1.62. The maximum absolute atomic E-state index is 12.3. The number of amides is 3. The first-order valence-electron chi connectivity index (χ1n) is 10.3. The van der Waals surface area contributed by atoms with Gasteiger partial charge in [0.05, 0.1) is 6.26 Å². The SMILES string of the molecule is CN(C)CCOc1cccc(CNC(=O)C(=O)Nc2cccc(NC(=O)c3ccco3)c2)c1. The van der Waals surface area contributed by atoms with Gasteiger partial charge in [0.1, 0.15) is 12.4 Å². The van der Waals surface area contributed by atoms with Crippen LogP contribution >= 0.6 is 0 Å². The van der Waals surface area contributed by atoms with Crippen LogP contribution in [0.2, 0.25) is 0 Å². The van der Waals surface area contributed by atoms with Crippen LogP contribution in [0.25, 0.3) is 0 Å². The van der Waals surface area contributed by atoms with E-state index in [0.717, 1.165) is 12.1 Å². The van der Waals surface area contributed by atoms with Crippen molar-refractivity contribution in [1.29, 1.82) is 0 Å². The van der Waals surface area contributed by atoms with Crippen molar-refractivity contribution in [2.75, 3.05) is 37.9 Å². The van der Waals surface area contributed by atoms with E-state index in [0.29, 0.717) is 23.7 Å². The second-order valence-corrected chi connectivity index (χ2v) is 7.45. The second kappa shape index (κ2) is 11.5. The van der Waals surface area contributed by atoms with E-state index < -0.39 is 17.7 Å². The quantitative estimate of drug-likeness (QED) is 0.432. The molecule has 0 atom stereocenters. The number of rotatable bonds is 9. The van der Waals surface area contributed by atoms with Crippen LogP contribution < -0.4 is 20.7 Å². The van der Waals surface area contributed by atoms with Crippen LogP contribution in [0.4, 0.5) is 11.4 Å². The minimum Gasteiger partial charge on any atom is -0.492 e. The van der Waals surface area contributed by atoms with Gasteiger partial charge in [0.2, 0.25) is 0 Å². The summed E-state index contributed by atoms with van der Waals surface area (Å²) in [7, 11) is 3.93. The number of benzene rings is 2. The fourth-order valence-electron chi connectivity index (χ4n) is 2.82. The molecule has 9 heteroatoms. The molecule has 0 aliphatic carbocycles. The summed E-state index contributed by atoms with van der Waals surface area (Å²) in [5, 5.41) is 7.77. The summed E-state index contributed by atoms with van der Waals surface area (Å²) in [5.74, 6) is -1.16. The zero-order valence-electron chi connectivity index (χ0n) is 18.5.